The molecule has 0 saturated carbocycles. The van der Waals surface area contributed by atoms with Crippen LogP contribution in [0.2, 0.25) is 0 Å². The number of nitrogens with one attached hydrogen (secondary N) is 2. The number of halogens is 4. The average molecular weight is 653 g/mol. The van der Waals surface area contributed by atoms with Gasteiger partial charge in [0.2, 0.25) is 0 Å². The summed E-state index contributed by atoms with van der Waals surface area (Å²) >= 11 is 1.76. The maximum absolute atomic E-state index is 15.2. The van der Waals surface area contributed by atoms with E-state index in [4.69, 9.17) is 0 Å². The van der Waals surface area contributed by atoms with Crippen molar-refractivity contribution in [1.29, 1.82) is 0 Å². The maximum atomic E-state index is 15.2. The molecule has 0 aliphatic carbocycles. The lowest BCUT2D eigenvalue weighted by atomic mass is 9.96. The Hall–Kier alpha value is -3.36. The van der Waals surface area contributed by atoms with E-state index in [1.807, 2.05) is 24.3 Å². The molecule has 14 heteroatoms. The molecule has 0 bridgehead atoms. The summed E-state index contributed by atoms with van der Waals surface area (Å²) in [5.74, 6) is -2.71. The van der Waals surface area contributed by atoms with E-state index in [-0.39, 0.29) is 29.1 Å². The predicted octanol–water partition coefficient (Wildman–Crippen LogP) is 4.49. The highest BCUT2D eigenvalue weighted by Gasteiger charge is 2.39. The number of rotatable bonds is 7. The van der Waals surface area contributed by atoms with E-state index in [2.05, 4.69) is 30.6 Å². The molecule has 0 radical (unpaired) electrons. The Morgan fingerprint density at radius 3 is 2.07 bits per heavy atom. The molecule has 9 nitrogen and oxygen atoms in total. The minimum Gasteiger partial charge on any atom is -0.323 e. The van der Waals surface area contributed by atoms with Crippen molar-refractivity contribution in [2.75, 3.05) is 62.2 Å². The van der Waals surface area contributed by atoms with E-state index in [9.17, 15) is 27.6 Å². The third kappa shape index (κ3) is 10.1. The highest BCUT2D eigenvalue weighted by molar-refractivity contribution is 7.99. The molecule has 2 aromatic carbocycles. The number of carbonyl (C=O) groups excluding carboxylic acids is 3. The molecule has 2 saturated heterocycles. The van der Waals surface area contributed by atoms with Crippen LogP contribution in [-0.4, -0.2) is 96.0 Å². The maximum Gasteiger partial charge on any atom is 0.472 e. The van der Waals surface area contributed by atoms with Crippen LogP contribution in [0, 0.1) is 11.2 Å². The van der Waals surface area contributed by atoms with Gasteiger partial charge in [0.15, 0.2) is 0 Å². The minimum atomic E-state index is -5.19. The first-order valence-electron chi connectivity index (χ1n) is 14.8. The highest BCUT2D eigenvalue weighted by atomic mass is 32.2. The Morgan fingerprint density at radius 2 is 1.49 bits per heavy atom. The van der Waals surface area contributed by atoms with Crippen molar-refractivity contribution in [2.24, 2.45) is 5.41 Å². The number of anilines is 1. The second kappa shape index (κ2) is 14.8. The Morgan fingerprint density at radius 1 is 0.867 bits per heavy atom. The number of hydrogen-bond acceptors (Lipinski definition) is 6. The van der Waals surface area contributed by atoms with E-state index in [1.54, 1.807) is 22.1 Å². The Bertz CT molecular complexity index is 1340. The van der Waals surface area contributed by atoms with E-state index in [0.717, 1.165) is 62.4 Å². The number of nitrogens with zero attached hydrogens (tertiary/aromatic N) is 4. The molecule has 45 heavy (non-hydrogen) atoms. The molecule has 2 aromatic rings. The van der Waals surface area contributed by atoms with E-state index in [0.29, 0.717) is 18.8 Å². The molecular weight excluding hydrogens is 612 g/mol. The molecule has 2 fully saturated rings. The molecule has 246 valence electrons. The van der Waals surface area contributed by atoms with Crippen LogP contribution in [0.1, 0.15) is 42.3 Å². The van der Waals surface area contributed by atoms with Gasteiger partial charge in [0.25, 0.3) is 5.91 Å². The lowest BCUT2D eigenvalue weighted by Gasteiger charge is -2.38. The van der Waals surface area contributed by atoms with E-state index in [1.165, 1.54) is 22.5 Å². The van der Waals surface area contributed by atoms with Crippen LogP contribution in [0.15, 0.2) is 42.5 Å². The fourth-order valence-corrected chi connectivity index (χ4v) is 6.16. The number of urea groups is 1. The zero-order chi connectivity index (χ0) is 32.8. The summed E-state index contributed by atoms with van der Waals surface area (Å²) in [4.78, 5) is 45.0. The Balaban J connectivity index is 1.45. The third-order valence-electron chi connectivity index (χ3n) is 7.52. The van der Waals surface area contributed by atoms with Crippen LogP contribution in [0.5, 0.6) is 0 Å². The van der Waals surface area contributed by atoms with Crippen LogP contribution in [0.25, 0.3) is 0 Å². The van der Waals surface area contributed by atoms with Gasteiger partial charge in [0, 0.05) is 80.7 Å². The molecule has 0 atom stereocenters. The summed E-state index contributed by atoms with van der Waals surface area (Å²) in [6, 6.07) is 10.8. The Kier molecular flexibility index (Phi) is 11.4. The average Bonchev–Trinajstić information content (AvgIpc) is 2.99. The molecule has 2 aliphatic rings. The van der Waals surface area contributed by atoms with Crippen LogP contribution in [-0.2, 0) is 17.9 Å². The van der Waals surface area contributed by atoms with Gasteiger partial charge in [0.1, 0.15) is 5.82 Å². The van der Waals surface area contributed by atoms with Crippen molar-refractivity contribution < 1.29 is 31.9 Å². The van der Waals surface area contributed by atoms with Gasteiger partial charge in [-0.15, -0.1) is 0 Å². The van der Waals surface area contributed by atoms with Crippen molar-refractivity contribution in [3.8, 4) is 0 Å². The number of benzene rings is 2. The fourth-order valence-electron chi connectivity index (χ4n) is 5.25. The van der Waals surface area contributed by atoms with Crippen molar-refractivity contribution in [3.63, 3.8) is 0 Å². The standard InChI is InChI=1S/C31H40F4N6O3S/c1-30(2,3)21-39-12-10-38(11-13-39)19-22-4-8-25(9-5-22)41(29(44)40-14-16-45-17-15-40)20-24-7-6-23(18-26(24)32)27(42)36-37-28(43)31(33,34)35/h4-9,18H,10-17,19-21H2,1-3H3,(H,36,42)(H,37,43). The monoisotopic (exact) mass is 652 g/mol. The first-order chi connectivity index (χ1) is 21.2. The van der Waals surface area contributed by atoms with Crippen LogP contribution >= 0.6 is 11.8 Å². The van der Waals surface area contributed by atoms with Gasteiger partial charge in [-0.25, -0.2) is 9.18 Å². The lowest BCUT2D eigenvalue weighted by Crippen LogP contribution is -2.48. The summed E-state index contributed by atoms with van der Waals surface area (Å²) < 4.78 is 52.4. The molecule has 0 spiro atoms. The molecule has 2 aliphatic heterocycles. The molecule has 2 N–H and O–H groups in total. The normalized spacial score (nSPS) is 16.7. The summed E-state index contributed by atoms with van der Waals surface area (Å²) in [7, 11) is 0. The summed E-state index contributed by atoms with van der Waals surface area (Å²) in [5, 5.41) is 0. The number of hydrogen-bond donors (Lipinski definition) is 2. The van der Waals surface area contributed by atoms with Crippen molar-refractivity contribution >= 4 is 35.3 Å². The zero-order valence-electron chi connectivity index (χ0n) is 25.8. The number of piperazine rings is 1. The Labute approximate surface area is 265 Å². The van der Waals surface area contributed by atoms with Crippen LogP contribution < -0.4 is 15.8 Å². The third-order valence-corrected chi connectivity index (χ3v) is 8.46. The van der Waals surface area contributed by atoms with Gasteiger partial charge in [-0.2, -0.15) is 24.9 Å². The minimum absolute atomic E-state index is 0.114. The summed E-state index contributed by atoms with van der Waals surface area (Å²) in [6.45, 7) is 13.5. The number of thioether (sulfide) groups is 1. The SMILES string of the molecule is CC(C)(C)CN1CCN(Cc2ccc(N(Cc3ccc(C(=O)NNC(=O)C(F)(F)F)cc3F)C(=O)N3CCSCC3)cc2)CC1. The van der Waals surface area contributed by atoms with E-state index < -0.39 is 23.8 Å². The van der Waals surface area contributed by atoms with Crippen molar-refractivity contribution in [2.45, 2.75) is 40.0 Å². The van der Waals surface area contributed by atoms with Gasteiger partial charge in [0.05, 0.1) is 6.54 Å². The number of carbonyl (C=O) groups is 3. The first kappa shape index (κ1) is 34.5. The molecule has 4 rings (SSSR count). The first-order valence-corrected chi connectivity index (χ1v) is 16.0. The quantitative estimate of drug-likeness (QED) is 0.339. The van der Waals surface area contributed by atoms with Crippen molar-refractivity contribution in [3.05, 3.63) is 65.0 Å². The fraction of sp³-hybridized carbons (Fsp3) is 0.516. The second-order valence-electron chi connectivity index (χ2n) is 12.5. The largest absolute Gasteiger partial charge is 0.472 e. The van der Waals surface area contributed by atoms with Crippen LogP contribution in [0.3, 0.4) is 0 Å². The van der Waals surface area contributed by atoms with Crippen molar-refractivity contribution in [1.82, 2.24) is 25.6 Å². The second-order valence-corrected chi connectivity index (χ2v) is 13.7. The van der Waals surface area contributed by atoms with Gasteiger partial charge in [-0.1, -0.05) is 39.0 Å². The van der Waals surface area contributed by atoms with Gasteiger partial charge in [-0.05, 0) is 35.2 Å². The predicted molar refractivity (Wildman–Crippen MR) is 166 cm³/mol. The topological polar surface area (TPSA) is 88.2 Å². The lowest BCUT2D eigenvalue weighted by molar-refractivity contribution is -0.174. The van der Waals surface area contributed by atoms with Gasteiger partial charge >= 0.3 is 18.1 Å². The molecule has 4 amide bonds. The number of alkyl halides is 3. The molecule has 2 heterocycles. The molecular formula is C31H40F4N6O3S. The smallest absolute Gasteiger partial charge is 0.323 e. The highest BCUT2D eigenvalue weighted by Crippen LogP contribution is 2.24. The van der Waals surface area contributed by atoms with Gasteiger partial charge in [-0.3, -0.25) is 30.2 Å². The summed E-state index contributed by atoms with van der Waals surface area (Å²) in [5.41, 5.74) is 4.63. The summed E-state index contributed by atoms with van der Waals surface area (Å²) in [6.07, 6.45) is -5.19. The van der Waals surface area contributed by atoms with E-state index >= 15 is 4.39 Å². The molecule has 0 unspecified atom stereocenters. The number of amides is 4. The van der Waals surface area contributed by atoms with Gasteiger partial charge < -0.3 is 9.80 Å². The number of hydrazine groups is 1. The molecule has 0 aromatic heterocycles. The zero-order valence-corrected chi connectivity index (χ0v) is 26.6. The van der Waals surface area contributed by atoms with Crippen LogP contribution in [0.4, 0.5) is 28.0 Å².